The molecule has 12 heteroatoms. The molecule has 210 valence electrons. The van der Waals surface area contributed by atoms with Crippen LogP contribution in [0.2, 0.25) is 0 Å². The van der Waals surface area contributed by atoms with E-state index in [1.54, 1.807) is 21.1 Å². The number of carbonyl (C=O) groups excluding carboxylic acids is 1. The van der Waals surface area contributed by atoms with Crippen LogP contribution in [0.4, 0.5) is 22.4 Å². The lowest BCUT2D eigenvalue weighted by Gasteiger charge is -2.37. The SMILES string of the molecule is CCOC(=O)OC1=C(C)Nc2nc(N3CCOCC3)nc(N3CCOCC3)c2C1c1cccc(OC)c1OC. The van der Waals surface area contributed by atoms with Crippen LogP contribution in [-0.4, -0.2) is 89.6 Å². The number of anilines is 3. The summed E-state index contributed by atoms with van der Waals surface area (Å²) in [5, 5.41) is 3.39. The third-order valence-corrected chi connectivity index (χ3v) is 6.94. The average molecular weight is 542 g/mol. The monoisotopic (exact) mass is 541 g/mol. The Labute approximate surface area is 227 Å². The predicted octanol–water partition coefficient (Wildman–Crippen LogP) is 3.13. The van der Waals surface area contributed by atoms with Crippen molar-refractivity contribution in [2.45, 2.75) is 19.8 Å². The second-order valence-electron chi connectivity index (χ2n) is 9.22. The largest absolute Gasteiger partial charge is 0.513 e. The maximum atomic E-state index is 12.6. The first kappa shape index (κ1) is 26.8. The summed E-state index contributed by atoms with van der Waals surface area (Å²) in [6.45, 7) is 8.85. The number of allylic oxidation sites excluding steroid dienone is 2. The van der Waals surface area contributed by atoms with Crippen molar-refractivity contribution in [3.8, 4) is 11.5 Å². The van der Waals surface area contributed by atoms with E-state index in [0.717, 1.165) is 16.9 Å². The number of nitrogens with one attached hydrogen (secondary N) is 1. The van der Waals surface area contributed by atoms with E-state index in [9.17, 15) is 4.79 Å². The van der Waals surface area contributed by atoms with Crippen LogP contribution in [0, 0.1) is 0 Å². The normalized spacial score (nSPS) is 19.2. The number of carbonyl (C=O) groups is 1. The zero-order chi connectivity index (χ0) is 27.4. The maximum Gasteiger partial charge on any atom is 0.513 e. The Balaban J connectivity index is 1.73. The van der Waals surface area contributed by atoms with Gasteiger partial charge in [0.2, 0.25) is 5.95 Å². The molecule has 0 amide bonds. The van der Waals surface area contributed by atoms with Gasteiger partial charge in [-0.3, -0.25) is 0 Å². The molecular weight excluding hydrogens is 506 g/mol. The minimum atomic E-state index is -0.789. The first-order chi connectivity index (χ1) is 19.0. The molecule has 2 saturated heterocycles. The molecule has 5 rings (SSSR count). The Kier molecular flexibility index (Phi) is 8.22. The number of morpholine rings is 2. The van der Waals surface area contributed by atoms with Gasteiger partial charge in [-0.15, -0.1) is 0 Å². The lowest BCUT2D eigenvalue weighted by atomic mass is 9.85. The van der Waals surface area contributed by atoms with Gasteiger partial charge in [0.05, 0.1) is 64.4 Å². The van der Waals surface area contributed by atoms with Crippen molar-refractivity contribution in [3.05, 3.63) is 40.8 Å². The minimum absolute atomic E-state index is 0.188. The minimum Gasteiger partial charge on any atom is -0.493 e. The summed E-state index contributed by atoms with van der Waals surface area (Å²) in [5.74, 6) is 2.87. The standard InChI is InChI=1S/C27H35N5O7/c1-5-38-27(33)39-22-17(2)28-24-21(20(22)18-7-6-8-19(34-3)23(18)35-4)25(31-9-13-36-14-10-31)30-26(29-24)32-11-15-37-16-12-32/h6-8,20H,5,9-16H2,1-4H3,(H,28,29,30). The van der Waals surface area contributed by atoms with Crippen molar-refractivity contribution in [3.63, 3.8) is 0 Å². The van der Waals surface area contributed by atoms with Gasteiger partial charge in [-0.25, -0.2) is 4.79 Å². The zero-order valence-electron chi connectivity index (χ0n) is 22.8. The molecule has 2 aromatic rings. The van der Waals surface area contributed by atoms with E-state index in [4.69, 9.17) is 38.4 Å². The molecule has 1 unspecified atom stereocenters. The highest BCUT2D eigenvalue weighted by molar-refractivity contribution is 5.74. The summed E-state index contributed by atoms with van der Waals surface area (Å²) in [4.78, 5) is 27.0. The smallest absolute Gasteiger partial charge is 0.493 e. The highest BCUT2D eigenvalue weighted by Gasteiger charge is 2.39. The highest BCUT2D eigenvalue weighted by Crippen LogP contribution is 2.50. The molecule has 3 aliphatic rings. The number of fused-ring (bicyclic) bond motifs is 1. The van der Waals surface area contributed by atoms with Gasteiger partial charge in [-0.05, 0) is 19.9 Å². The molecule has 0 bridgehead atoms. The first-order valence-corrected chi connectivity index (χ1v) is 13.2. The molecule has 12 nitrogen and oxygen atoms in total. The summed E-state index contributed by atoms with van der Waals surface area (Å²) in [5.41, 5.74) is 2.14. The average Bonchev–Trinajstić information content (AvgIpc) is 2.97. The van der Waals surface area contributed by atoms with Crippen molar-refractivity contribution in [1.29, 1.82) is 0 Å². The van der Waals surface area contributed by atoms with Gasteiger partial charge in [0.25, 0.3) is 0 Å². The van der Waals surface area contributed by atoms with Crippen LogP contribution in [0.3, 0.4) is 0 Å². The van der Waals surface area contributed by atoms with E-state index >= 15 is 0 Å². The van der Waals surface area contributed by atoms with Crippen molar-refractivity contribution >= 4 is 23.7 Å². The molecular formula is C27H35N5O7. The number of hydrogen-bond donors (Lipinski definition) is 1. The van der Waals surface area contributed by atoms with Gasteiger partial charge in [0.1, 0.15) is 17.4 Å². The van der Waals surface area contributed by atoms with Gasteiger partial charge in [-0.2, -0.15) is 9.97 Å². The predicted molar refractivity (Wildman–Crippen MR) is 144 cm³/mol. The fourth-order valence-corrected chi connectivity index (χ4v) is 5.12. The first-order valence-electron chi connectivity index (χ1n) is 13.2. The van der Waals surface area contributed by atoms with Gasteiger partial charge in [-0.1, -0.05) is 12.1 Å². The number of benzene rings is 1. The van der Waals surface area contributed by atoms with E-state index in [-0.39, 0.29) is 6.61 Å². The molecule has 0 aliphatic carbocycles. The third-order valence-electron chi connectivity index (χ3n) is 6.94. The number of hydrogen-bond acceptors (Lipinski definition) is 12. The van der Waals surface area contributed by atoms with Crippen molar-refractivity contribution in [2.24, 2.45) is 0 Å². The van der Waals surface area contributed by atoms with Crippen LogP contribution < -0.4 is 24.6 Å². The van der Waals surface area contributed by atoms with E-state index in [1.807, 2.05) is 25.1 Å². The summed E-state index contributed by atoms with van der Waals surface area (Å²) in [6.07, 6.45) is -0.789. The summed E-state index contributed by atoms with van der Waals surface area (Å²) < 4.78 is 33.7. The molecule has 0 spiro atoms. The van der Waals surface area contributed by atoms with E-state index in [1.165, 1.54) is 0 Å². The van der Waals surface area contributed by atoms with Crippen molar-refractivity contribution in [2.75, 3.05) is 88.5 Å². The number of para-hydroxylation sites is 1. The van der Waals surface area contributed by atoms with Crippen LogP contribution in [0.25, 0.3) is 0 Å². The Morgan fingerprint density at radius 2 is 1.72 bits per heavy atom. The topological polar surface area (TPSA) is 117 Å². The maximum absolute atomic E-state index is 12.6. The second-order valence-corrected chi connectivity index (χ2v) is 9.22. The van der Waals surface area contributed by atoms with Crippen LogP contribution in [0.15, 0.2) is 29.7 Å². The molecule has 1 aromatic heterocycles. The molecule has 1 atom stereocenters. The lowest BCUT2D eigenvalue weighted by molar-refractivity contribution is 0.0776. The Morgan fingerprint density at radius 3 is 2.36 bits per heavy atom. The molecule has 0 radical (unpaired) electrons. The molecule has 39 heavy (non-hydrogen) atoms. The second kappa shape index (κ2) is 12.0. The number of rotatable bonds is 7. The highest BCUT2D eigenvalue weighted by atomic mass is 16.7. The fraction of sp³-hybridized carbons (Fsp3) is 0.519. The molecule has 0 saturated carbocycles. The molecule has 1 aromatic carbocycles. The van der Waals surface area contributed by atoms with Crippen LogP contribution in [0.5, 0.6) is 11.5 Å². The third kappa shape index (κ3) is 5.39. The van der Waals surface area contributed by atoms with Crippen LogP contribution in [-0.2, 0) is 18.9 Å². The van der Waals surface area contributed by atoms with Gasteiger partial charge in [0, 0.05) is 31.7 Å². The molecule has 3 aliphatic heterocycles. The Bertz CT molecular complexity index is 1230. The van der Waals surface area contributed by atoms with Crippen molar-refractivity contribution in [1.82, 2.24) is 9.97 Å². The number of nitrogens with zero attached hydrogens (tertiary/aromatic N) is 4. The quantitative estimate of drug-likeness (QED) is 0.519. The molecule has 4 heterocycles. The molecule has 2 fully saturated rings. The summed E-state index contributed by atoms with van der Waals surface area (Å²) in [6, 6.07) is 5.64. The summed E-state index contributed by atoms with van der Waals surface area (Å²) in [7, 11) is 3.18. The number of aromatic nitrogens is 2. The van der Waals surface area contributed by atoms with Crippen LogP contribution >= 0.6 is 0 Å². The fourth-order valence-electron chi connectivity index (χ4n) is 5.12. The Hall–Kier alpha value is -3.77. The number of ether oxygens (including phenoxy) is 6. The number of methoxy groups -OCH3 is 2. The Morgan fingerprint density at radius 1 is 1.03 bits per heavy atom. The van der Waals surface area contributed by atoms with Crippen LogP contribution in [0.1, 0.15) is 30.9 Å². The zero-order valence-corrected chi connectivity index (χ0v) is 22.8. The van der Waals surface area contributed by atoms with Gasteiger partial charge >= 0.3 is 6.16 Å². The summed E-state index contributed by atoms with van der Waals surface area (Å²) >= 11 is 0. The van der Waals surface area contributed by atoms with E-state index in [0.29, 0.717) is 87.3 Å². The lowest BCUT2D eigenvalue weighted by Crippen LogP contribution is -2.41. The molecule has 1 N–H and O–H groups in total. The van der Waals surface area contributed by atoms with E-state index in [2.05, 4.69) is 15.1 Å². The van der Waals surface area contributed by atoms with E-state index < -0.39 is 12.1 Å². The van der Waals surface area contributed by atoms with Gasteiger partial charge < -0.3 is 43.5 Å². The van der Waals surface area contributed by atoms with Crippen molar-refractivity contribution < 1.29 is 33.2 Å². The van der Waals surface area contributed by atoms with Gasteiger partial charge in [0.15, 0.2) is 11.5 Å².